The van der Waals surface area contributed by atoms with Gasteiger partial charge in [0, 0.05) is 6.42 Å². The van der Waals surface area contributed by atoms with Gasteiger partial charge in [0.05, 0.1) is 31.5 Å². The number of carboxylic acids is 1. The molecular weight excluding hydrogens is 424 g/mol. The smallest absolute Gasteiger partial charge is 0.335 e. The van der Waals surface area contributed by atoms with Crippen LogP contribution < -0.4 is 18.9 Å². The lowest BCUT2D eigenvalue weighted by Gasteiger charge is -2.09. The van der Waals surface area contributed by atoms with Crippen LogP contribution >= 0.6 is 0 Å². The number of aromatic carboxylic acids is 1. The van der Waals surface area contributed by atoms with Crippen molar-refractivity contribution in [2.24, 2.45) is 0 Å². The van der Waals surface area contributed by atoms with Gasteiger partial charge in [0.1, 0.15) is 23.0 Å². The Hall–Kier alpha value is -4.26. The molecule has 168 valence electrons. The van der Waals surface area contributed by atoms with E-state index in [4.69, 9.17) is 24.1 Å². The van der Waals surface area contributed by atoms with Crippen molar-refractivity contribution in [2.45, 2.75) is 6.42 Å². The zero-order valence-electron chi connectivity index (χ0n) is 17.9. The zero-order chi connectivity index (χ0) is 23.2. The zero-order valence-corrected chi connectivity index (χ0v) is 17.9. The van der Waals surface area contributed by atoms with E-state index < -0.39 is 5.97 Å². The summed E-state index contributed by atoms with van der Waals surface area (Å²) in [6, 6.07) is 18.7. The van der Waals surface area contributed by atoms with Crippen LogP contribution in [-0.4, -0.2) is 37.2 Å². The van der Waals surface area contributed by atoms with Gasteiger partial charge >= 0.3 is 5.97 Å². The van der Waals surface area contributed by atoms with Crippen LogP contribution in [0.25, 0.3) is 6.08 Å². The number of ether oxygens (including phenoxy) is 4. The summed E-state index contributed by atoms with van der Waals surface area (Å²) < 4.78 is 22.2. The van der Waals surface area contributed by atoms with Crippen LogP contribution in [0.3, 0.4) is 0 Å². The second-order valence-electron chi connectivity index (χ2n) is 7.25. The molecule has 0 aromatic heterocycles. The Balaban J connectivity index is 1.29. The van der Waals surface area contributed by atoms with Crippen LogP contribution in [0.4, 0.5) is 0 Å². The fourth-order valence-corrected chi connectivity index (χ4v) is 3.24. The monoisotopic (exact) mass is 446 g/mol. The summed E-state index contributed by atoms with van der Waals surface area (Å²) in [5.74, 6) is 1.49. The van der Waals surface area contributed by atoms with Gasteiger partial charge in [0.2, 0.25) is 5.78 Å². The molecule has 7 heteroatoms. The van der Waals surface area contributed by atoms with Crippen molar-refractivity contribution >= 4 is 17.8 Å². The van der Waals surface area contributed by atoms with Gasteiger partial charge in [0.25, 0.3) is 0 Å². The first-order valence-electron chi connectivity index (χ1n) is 10.3. The molecule has 1 N–H and O–H groups in total. The Labute approximate surface area is 190 Å². The molecular formula is C26H22O7. The van der Waals surface area contributed by atoms with Gasteiger partial charge in [0.15, 0.2) is 5.76 Å². The van der Waals surface area contributed by atoms with Gasteiger partial charge in [-0.1, -0.05) is 12.1 Å². The van der Waals surface area contributed by atoms with Crippen molar-refractivity contribution in [3.8, 4) is 23.0 Å². The topological polar surface area (TPSA) is 91.3 Å². The van der Waals surface area contributed by atoms with E-state index in [1.807, 2.05) is 24.3 Å². The molecule has 1 aliphatic rings. The highest BCUT2D eigenvalue weighted by Gasteiger charge is 2.27. The van der Waals surface area contributed by atoms with Gasteiger partial charge < -0.3 is 24.1 Å². The summed E-state index contributed by atoms with van der Waals surface area (Å²) in [7, 11) is 1.60. The van der Waals surface area contributed by atoms with Crippen molar-refractivity contribution in [3.05, 3.63) is 89.2 Å². The third-order valence-corrected chi connectivity index (χ3v) is 4.98. The van der Waals surface area contributed by atoms with E-state index in [0.717, 1.165) is 11.3 Å². The van der Waals surface area contributed by atoms with Crippen LogP contribution in [-0.2, 0) is 0 Å². The second-order valence-corrected chi connectivity index (χ2v) is 7.25. The van der Waals surface area contributed by atoms with E-state index in [2.05, 4.69) is 0 Å². The van der Waals surface area contributed by atoms with Gasteiger partial charge in [-0.3, -0.25) is 4.79 Å². The quantitative estimate of drug-likeness (QED) is 0.371. The summed E-state index contributed by atoms with van der Waals surface area (Å²) in [6.07, 6.45) is 2.31. The highest BCUT2D eigenvalue weighted by Crippen LogP contribution is 2.34. The molecule has 1 heterocycles. The largest absolute Gasteiger partial charge is 0.497 e. The van der Waals surface area contributed by atoms with Crippen LogP contribution in [0, 0.1) is 0 Å². The number of carboxylic acid groups (broad SMARTS) is 1. The maximum absolute atomic E-state index is 12.7. The number of carbonyl (C=O) groups excluding carboxylic acids is 1. The maximum Gasteiger partial charge on any atom is 0.335 e. The maximum atomic E-state index is 12.7. The first-order valence-corrected chi connectivity index (χ1v) is 10.3. The van der Waals surface area contributed by atoms with E-state index >= 15 is 0 Å². The number of allylic oxidation sites excluding steroid dienone is 1. The number of carbonyl (C=O) groups is 2. The number of methoxy groups -OCH3 is 1. The summed E-state index contributed by atoms with van der Waals surface area (Å²) in [4.78, 5) is 23.6. The summed E-state index contributed by atoms with van der Waals surface area (Å²) in [6.45, 7) is 0.809. The molecule has 0 radical (unpaired) electrons. The molecule has 0 saturated carbocycles. The first kappa shape index (κ1) is 22.0. The van der Waals surface area contributed by atoms with E-state index in [0.29, 0.717) is 42.4 Å². The predicted octanol–water partition coefficient (Wildman–Crippen LogP) is 4.86. The Bertz CT molecular complexity index is 1180. The Morgan fingerprint density at radius 3 is 2.21 bits per heavy atom. The number of ketones is 1. The number of hydrogen-bond donors (Lipinski definition) is 1. The molecule has 1 aliphatic heterocycles. The number of rotatable bonds is 9. The Kier molecular flexibility index (Phi) is 6.59. The normalized spacial score (nSPS) is 13.4. The third-order valence-electron chi connectivity index (χ3n) is 4.98. The van der Waals surface area contributed by atoms with Gasteiger partial charge in [-0.15, -0.1) is 0 Å². The Morgan fingerprint density at radius 2 is 1.55 bits per heavy atom. The molecule has 0 amide bonds. The molecule has 0 saturated heterocycles. The minimum absolute atomic E-state index is 0.195. The number of hydrogen-bond acceptors (Lipinski definition) is 6. The molecule has 0 spiro atoms. The molecule has 7 nitrogen and oxygen atoms in total. The van der Waals surface area contributed by atoms with Crippen molar-refractivity contribution in [1.29, 1.82) is 0 Å². The van der Waals surface area contributed by atoms with E-state index in [1.54, 1.807) is 43.5 Å². The average Bonchev–Trinajstić information content (AvgIpc) is 3.14. The lowest BCUT2D eigenvalue weighted by molar-refractivity contribution is 0.0696. The minimum Gasteiger partial charge on any atom is -0.497 e. The Morgan fingerprint density at radius 1 is 0.909 bits per heavy atom. The van der Waals surface area contributed by atoms with Gasteiger partial charge in [-0.05, 0) is 66.2 Å². The molecule has 4 rings (SSSR count). The molecule has 0 bridgehead atoms. The molecule has 0 unspecified atom stereocenters. The molecule has 0 aliphatic carbocycles. The fourth-order valence-electron chi connectivity index (χ4n) is 3.24. The van der Waals surface area contributed by atoms with Gasteiger partial charge in [-0.2, -0.15) is 0 Å². The first-order chi connectivity index (χ1) is 16.0. The molecule has 0 fully saturated rings. The molecule has 0 atom stereocenters. The molecule has 3 aromatic carbocycles. The highest BCUT2D eigenvalue weighted by atomic mass is 16.5. The minimum atomic E-state index is -0.975. The van der Waals surface area contributed by atoms with Crippen LogP contribution in [0.1, 0.15) is 32.7 Å². The van der Waals surface area contributed by atoms with Crippen LogP contribution in [0.15, 0.2) is 72.5 Å². The number of benzene rings is 3. The predicted molar refractivity (Wildman–Crippen MR) is 121 cm³/mol. The lowest BCUT2D eigenvalue weighted by Crippen LogP contribution is -2.05. The third kappa shape index (κ3) is 5.33. The number of Topliss-reactive ketones (excluding diaryl/α,β-unsaturated/α-hetero) is 1. The number of fused-ring (bicyclic) bond motifs is 1. The molecule has 3 aromatic rings. The summed E-state index contributed by atoms with van der Waals surface area (Å²) in [5.41, 5.74) is 1.51. The summed E-state index contributed by atoms with van der Waals surface area (Å²) in [5, 5.41) is 8.91. The van der Waals surface area contributed by atoms with Gasteiger partial charge in [-0.25, -0.2) is 4.79 Å². The average molecular weight is 446 g/mol. The van der Waals surface area contributed by atoms with Crippen molar-refractivity contribution in [2.75, 3.05) is 20.3 Å². The van der Waals surface area contributed by atoms with Crippen molar-refractivity contribution in [3.63, 3.8) is 0 Å². The van der Waals surface area contributed by atoms with Crippen molar-refractivity contribution in [1.82, 2.24) is 0 Å². The highest BCUT2D eigenvalue weighted by molar-refractivity contribution is 6.14. The molecule has 33 heavy (non-hydrogen) atoms. The van der Waals surface area contributed by atoms with E-state index in [1.165, 1.54) is 12.1 Å². The SMILES string of the molecule is COc1ccc(/C=C2\Oc3ccc(OCCCOc4ccc(C(=O)O)cc4)cc3C2=O)cc1. The second kappa shape index (κ2) is 9.91. The standard InChI is InChI=1S/C26H22O7/c1-30-19-7-3-17(4-8-19)15-24-25(27)22-16-21(11-12-23(22)33-24)32-14-2-13-31-20-9-5-18(6-10-20)26(28)29/h3-12,15-16H,2,13-14H2,1H3,(H,28,29)/b24-15-. The van der Waals surface area contributed by atoms with Crippen LogP contribution in [0.5, 0.6) is 23.0 Å². The van der Waals surface area contributed by atoms with Crippen molar-refractivity contribution < 1.29 is 33.6 Å². The summed E-state index contributed by atoms with van der Waals surface area (Å²) >= 11 is 0. The van der Waals surface area contributed by atoms with Crippen LogP contribution in [0.2, 0.25) is 0 Å². The lowest BCUT2D eigenvalue weighted by atomic mass is 10.1. The van der Waals surface area contributed by atoms with E-state index in [9.17, 15) is 9.59 Å². The fraction of sp³-hybridized carbons (Fsp3) is 0.154. The van der Waals surface area contributed by atoms with E-state index in [-0.39, 0.29) is 17.1 Å².